The van der Waals surface area contributed by atoms with E-state index >= 15 is 0 Å². The molecule has 0 spiro atoms. The number of hydrogen-bond donors (Lipinski definition) is 0. The second-order valence-corrected chi connectivity index (χ2v) is 12.1. The van der Waals surface area contributed by atoms with E-state index in [2.05, 4.69) is 50.6 Å². The molecule has 200 valence electrons. The summed E-state index contributed by atoms with van der Waals surface area (Å²) in [5.41, 5.74) is 5.38. The van der Waals surface area contributed by atoms with Crippen LogP contribution < -0.4 is 19.6 Å². The number of halogens is 2. The van der Waals surface area contributed by atoms with Gasteiger partial charge in [0.1, 0.15) is 12.4 Å². The molecule has 1 atom stereocenters. The van der Waals surface area contributed by atoms with Crippen LogP contribution in [-0.2, 0) is 6.42 Å². The summed E-state index contributed by atoms with van der Waals surface area (Å²) in [5.74, 6) is 0.649. The van der Waals surface area contributed by atoms with Gasteiger partial charge in [0.2, 0.25) is 0 Å². The fourth-order valence-corrected chi connectivity index (χ4v) is 7.68. The second-order valence-electron chi connectivity index (χ2n) is 9.38. The number of nitro groups is 1. The summed E-state index contributed by atoms with van der Waals surface area (Å²) >= 11 is 8.44. The van der Waals surface area contributed by atoms with Crippen molar-refractivity contribution in [2.75, 3.05) is 6.61 Å². The Hall–Kier alpha value is -3.60. The molecule has 40 heavy (non-hydrogen) atoms. The summed E-state index contributed by atoms with van der Waals surface area (Å²) < 4.78 is 9.41. The number of aryl methyl sites for hydroxylation is 1. The predicted molar refractivity (Wildman–Crippen MR) is 163 cm³/mol. The third-order valence-electron chi connectivity index (χ3n) is 6.93. The third-order valence-corrected chi connectivity index (χ3v) is 9.09. The molecule has 2 aliphatic rings. The molecule has 10 heteroatoms. The van der Waals surface area contributed by atoms with Crippen molar-refractivity contribution in [2.24, 2.45) is 4.99 Å². The average Bonchev–Trinajstić information content (AvgIpc) is 3.25. The van der Waals surface area contributed by atoms with Gasteiger partial charge >= 0.3 is 0 Å². The highest BCUT2D eigenvalue weighted by Gasteiger charge is 2.33. The highest BCUT2D eigenvalue weighted by atomic mass is 79.9. The maximum atomic E-state index is 14.0. The molecule has 1 aliphatic heterocycles. The Labute approximate surface area is 249 Å². The molecule has 2 heterocycles. The number of hydrogen-bond acceptors (Lipinski definition) is 6. The largest absolute Gasteiger partial charge is 0.487 e. The van der Waals surface area contributed by atoms with Crippen LogP contribution in [0.5, 0.6) is 5.75 Å². The summed E-state index contributed by atoms with van der Waals surface area (Å²) in [6.45, 7) is 4.05. The molecule has 4 aromatic rings. The van der Waals surface area contributed by atoms with Gasteiger partial charge in [0.25, 0.3) is 11.2 Å². The number of fused-ring (bicyclic) bond motifs is 3. The minimum absolute atomic E-state index is 0.0107. The number of allylic oxidation sites excluding steroid dienone is 1. The number of benzene rings is 3. The maximum absolute atomic E-state index is 14.0. The number of nitro benzene ring substituents is 1. The lowest BCUT2D eigenvalue weighted by Gasteiger charge is -2.30. The van der Waals surface area contributed by atoms with E-state index in [1.54, 1.807) is 22.8 Å². The first-order chi connectivity index (χ1) is 19.4. The van der Waals surface area contributed by atoms with Crippen LogP contribution in [0.2, 0.25) is 0 Å². The molecule has 0 N–H and O–H groups in total. The van der Waals surface area contributed by atoms with Gasteiger partial charge in [-0.2, -0.15) is 0 Å². The fraction of sp³-hybridized carbons (Fsp3) is 0.133. The van der Waals surface area contributed by atoms with Crippen molar-refractivity contribution in [1.82, 2.24) is 4.57 Å². The molecule has 3 aromatic carbocycles. The first-order valence-corrected chi connectivity index (χ1v) is 14.9. The SMILES string of the molecule is C=CCOc1c(Br)cc(C=c2sc3n(c2=O)C(c2cccc([N+](=O)[O-])c2)C2=C(N=3)c3ccccc3CC2)cc1Br. The molecule has 1 unspecified atom stereocenters. The van der Waals surface area contributed by atoms with Gasteiger partial charge < -0.3 is 4.74 Å². The summed E-state index contributed by atoms with van der Waals surface area (Å²) in [7, 11) is 0. The maximum Gasteiger partial charge on any atom is 0.271 e. The average molecular weight is 679 g/mol. The monoisotopic (exact) mass is 677 g/mol. The van der Waals surface area contributed by atoms with Crippen LogP contribution in [-0.4, -0.2) is 16.1 Å². The van der Waals surface area contributed by atoms with E-state index in [-0.39, 0.29) is 11.2 Å². The van der Waals surface area contributed by atoms with Gasteiger partial charge in [-0.05, 0) is 85.2 Å². The van der Waals surface area contributed by atoms with Gasteiger partial charge in [0.05, 0.1) is 30.1 Å². The molecule has 0 amide bonds. The zero-order valence-electron chi connectivity index (χ0n) is 21.0. The van der Waals surface area contributed by atoms with Crippen molar-refractivity contribution in [3.63, 3.8) is 0 Å². The minimum atomic E-state index is -0.491. The number of nitrogens with zero attached hydrogens (tertiary/aromatic N) is 3. The number of ether oxygens (including phenoxy) is 1. The Morgan fingerprint density at radius 2 is 1.90 bits per heavy atom. The van der Waals surface area contributed by atoms with Crippen molar-refractivity contribution in [3.05, 3.63) is 140 Å². The lowest BCUT2D eigenvalue weighted by atomic mass is 9.83. The zero-order valence-corrected chi connectivity index (χ0v) is 25.0. The molecule has 0 radical (unpaired) electrons. The highest BCUT2D eigenvalue weighted by molar-refractivity contribution is 9.11. The van der Waals surface area contributed by atoms with Gasteiger partial charge in [-0.1, -0.05) is 60.4 Å². The molecule has 0 saturated heterocycles. The molecule has 0 bridgehead atoms. The smallest absolute Gasteiger partial charge is 0.271 e. The van der Waals surface area contributed by atoms with Crippen molar-refractivity contribution in [2.45, 2.75) is 18.9 Å². The van der Waals surface area contributed by atoms with Gasteiger partial charge in [-0.25, -0.2) is 4.99 Å². The summed E-state index contributed by atoms with van der Waals surface area (Å²) in [5, 5.41) is 11.6. The predicted octanol–water partition coefficient (Wildman–Crippen LogP) is 6.32. The third kappa shape index (κ3) is 4.70. The summed E-state index contributed by atoms with van der Waals surface area (Å²) in [6, 6.07) is 18.0. The fourth-order valence-electron chi connectivity index (χ4n) is 5.23. The second kappa shape index (κ2) is 10.8. The molecular formula is C30H21Br2N3O4S. The van der Waals surface area contributed by atoms with Crippen LogP contribution in [0.3, 0.4) is 0 Å². The Balaban J connectivity index is 1.56. The molecule has 6 rings (SSSR count). The van der Waals surface area contributed by atoms with Gasteiger partial charge in [0.15, 0.2) is 4.80 Å². The van der Waals surface area contributed by atoms with Crippen molar-refractivity contribution < 1.29 is 9.66 Å². The van der Waals surface area contributed by atoms with Crippen molar-refractivity contribution in [3.8, 4) is 5.75 Å². The Morgan fingerprint density at radius 1 is 1.12 bits per heavy atom. The van der Waals surface area contributed by atoms with Crippen LogP contribution in [0.4, 0.5) is 5.69 Å². The van der Waals surface area contributed by atoms with E-state index in [1.165, 1.54) is 23.0 Å². The number of aromatic nitrogens is 1. The van der Waals surface area contributed by atoms with E-state index in [0.29, 0.717) is 33.7 Å². The number of thiazole rings is 1. The van der Waals surface area contributed by atoms with E-state index in [0.717, 1.165) is 37.8 Å². The minimum Gasteiger partial charge on any atom is -0.487 e. The Bertz CT molecular complexity index is 1900. The van der Waals surface area contributed by atoms with Crippen LogP contribution in [0.15, 0.2) is 97.6 Å². The van der Waals surface area contributed by atoms with Gasteiger partial charge in [-0.15, -0.1) is 0 Å². The molecular weight excluding hydrogens is 658 g/mol. The molecule has 0 saturated carbocycles. The topological polar surface area (TPSA) is 86.7 Å². The quantitative estimate of drug-likeness (QED) is 0.136. The molecule has 7 nitrogen and oxygen atoms in total. The van der Waals surface area contributed by atoms with E-state index in [4.69, 9.17) is 9.73 Å². The van der Waals surface area contributed by atoms with Crippen molar-refractivity contribution in [1.29, 1.82) is 0 Å². The van der Waals surface area contributed by atoms with Crippen molar-refractivity contribution >= 4 is 60.7 Å². The van der Waals surface area contributed by atoms with Crippen LogP contribution in [0.25, 0.3) is 11.8 Å². The standard InChI is InChI=1S/C30H21Br2N3O4S/c1-2-12-39-28-23(31)13-17(14-24(28)32)15-25-29(36)34-27(19-7-5-8-20(16-19)35(37)38)22-11-10-18-6-3-4-9-21(18)26(22)33-30(34)40-25/h2-9,13-16,27H,1,10-12H2. The first-order valence-electron chi connectivity index (χ1n) is 12.5. The summed E-state index contributed by atoms with van der Waals surface area (Å²) in [6.07, 6.45) is 5.02. The highest BCUT2D eigenvalue weighted by Crippen LogP contribution is 2.41. The van der Waals surface area contributed by atoms with Crippen LogP contribution in [0, 0.1) is 10.1 Å². The lowest BCUT2D eigenvalue weighted by Crippen LogP contribution is -2.38. The Kier molecular flexibility index (Phi) is 7.16. The molecule has 0 fully saturated rings. The molecule has 1 aromatic heterocycles. The van der Waals surface area contributed by atoms with E-state index < -0.39 is 11.0 Å². The van der Waals surface area contributed by atoms with Crippen LogP contribution >= 0.6 is 43.2 Å². The number of non-ortho nitro benzene ring substituents is 1. The number of rotatable bonds is 6. The van der Waals surface area contributed by atoms with Gasteiger partial charge in [-0.3, -0.25) is 19.5 Å². The lowest BCUT2D eigenvalue weighted by molar-refractivity contribution is -0.384. The normalized spacial score (nSPS) is 16.1. The van der Waals surface area contributed by atoms with Gasteiger partial charge in [0, 0.05) is 17.7 Å². The molecule has 1 aliphatic carbocycles. The van der Waals surface area contributed by atoms with E-state index in [1.807, 2.05) is 36.4 Å². The van der Waals surface area contributed by atoms with Crippen LogP contribution in [0.1, 0.15) is 34.7 Å². The zero-order chi connectivity index (χ0) is 28.0. The van der Waals surface area contributed by atoms with E-state index in [9.17, 15) is 14.9 Å². The summed E-state index contributed by atoms with van der Waals surface area (Å²) in [4.78, 5) is 30.8. The Morgan fingerprint density at radius 3 is 2.65 bits per heavy atom. The first kappa shape index (κ1) is 26.6.